The van der Waals surface area contributed by atoms with Crippen LogP contribution in [0.2, 0.25) is 0 Å². The van der Waals surface area contributed by atoms with Gasteiger partial charge in [0.25, 0.3) is 0 Å². The minimum absolute atomic E-state index is 0.142. The van der Waals surface area contributed by atoms with Gasteiger partial charge in [0.15, 0.2) is 0 Å². The second kappa shape index (κ2) is 6.00. The van der Waals surface area contributed by atoms with Gasteiger partial charge in [-0.25, -0.2) is 4.79 Å². The third kappa shape index (κ3) is 2.85. The third-order valence-corrected chi connectivity index (χ3v) is 4.81. The maximum absolute atomic E-state index is 12.2. The largest absolute Gasteiger partial charge is 0.328 e. The SMILES string of the molecule is CCCn1ccn(CC2(CS)CCCCC2)c1=O. The molecule has 102 valence electrons. The number of aromatic nitrogens is 2. The molecule has 1 aliphatic rings. The monoisotopic (exact) mass is 268 g/mol. The highest BCUT2D eigenvalue weighted by Gasteiger charge is 2.31. The second-order valence-electron chi connectivity index (χ2n) is 5.62. The van der Waals surface area contributed by atoms with Gasteiger partial charge in [-0.2, -0.15) is 12.6 Å². The summed E-state index contributed by atoms with van der Waals surface area (Å²) >= 11 is 4.54. The molecule has 2 rings (SSSR count). The molecule has 4 heteroatoms. The zero-order chi connectivity index (χ0) is 13.0. The number of hydrogen-bond donors (Lipinski definition) is 1. The Morgan fingerprint density at radius 1 is 1.22 bits per heavy atom. The summed E-state index contributed by atoms with van der Waals surface area (Å²) in [7, 11) is 0. The van der Waals surface area contributed by atoms with E-state index in [0.717, 1.165) is 25.3 Å². The van der Waals surface area contributed by atoms with Gasteiger partial charge in [-0.15, -0.1) is 0 Å². The number of hydrogen-bond acceptors (Lipinski definition) is 2. The molecule has 0 N–H and O–H groups in total. The van der Waals surface area contributed by atoms with Crippen LogP contribution in [0.5, 0.6) is 0 Å². The summed E-state index contributed by atoms with van der Waals surface area (Å²) in [5.74, 6) is 0.887. The van der Waals surface area contributed by atoms with Crippen LogP contribution in [0.15, 0.2) is 17.2 Å². The van der Waals surface area contributed by atoms with Crippen molar-refractivity contribution >= 4 is 12.6 Å². The van der Waals surface area contributed by atoms with Gasteiger partial charge < -0.3 is 0 Å². The average molecular weight is 268 g/mol. The zero-order valence-electron chi connectivity index (χ0n) is 11.3. The smallest absolute Gasteiger partial charge is 0.299 e. The lowest BCUT2D eigenvalue weighted by Gasteiger charge is -2.36. The van der Waals surface area contributed by atoms with Gasteiger partial charge in [0.05, 0.1) is 0 Å². The first kappa shape index (κ1) is 13.8. The molecule has 0 spiro atoms. The molecule has 1 fully saturated rings. The maximum atomic E-state index is 12.2. The molecule has 18 heavy (non-hydrogen) atoms. The Labute approximate surface area is 115 Å². The van der Waals surface area contributed by atoms with E-state index in [2.05, 4.69) is 19.6 Å². The number of aryl methyl sites for hydroxylation is 1. The van der Waals surface area contributed by atoms with E-state index < -0.39 is 0 Å². The van der Waals surface area contributed by atoms with Crippen LogP contribution < -0.4 is 5.69 Å². The summed E-state index contributed by atoms with van der Waals surface area (Å²) in [6, 6.07) is 0. The van der Waals surface area contributed by atoms with Crippen LogP contribution in [0.4, 0.5) is 0 Å². The Kier molecular flexibility index (Phi) is 4.60. The fourth-order valence-electron chi connectivity index (χ4n) is 3.01. The molecule has 0 amide bonds. The van der Waals surface area contributed by atoms with Crippen molar-refractivity contribution in [2.24, 2.45) is 5.41 Å². The first-order valence-electron chi connectivity index (χ1n) is 7.07. The summed E-state index contributed by atoms with van der Waals surface area (Å²) < 4.78 is 3.70. The Morgan fingerprint density at radius 2 is 1.89 bits per heavy atom. The molecule has 3 nitrogen and oxygen atoms in total. The fourth-order valence-corrected chi connectivity index (χ4v) is 3.43. The molecule has 1 aromatic heterocycles. The van der Waals surface area contributed by atoms with Crippen LogP contribution in [0.1, 0.15) is 45.4 Å². The minimum Gasteiger partial charge on any atom is -0.299 e. The van der Waals surface area contributed by atoms with Crippen molar-refractivity contribution in [2.75, 3.05) is 5.75 Å². The van der Waals surface area contributed by atoms with Gasteiger partial charge in [0.1, 0.15) is 0 Å². The van der Waals surface area contributed by atoms with Gasteiger partial charge in [-0.3, -0.25) is 9.13 Å². The van der Waals surface area contributed by atoms with E-state index in [1.165, 1.54) is 32.1 Å². The molecule has 1 heterocycles. The highest BCUT2D eigenvalue weighted by atomic mass is 32.1. The predicted octanol–water partition coefficient (Wildman–Crippen LogP) is 2.94. The Balaban J connectivity index is 2.14. The topological polar surface area (TPSA) is 26.9 Å². The van der Waals surface area contributed by atoms with Crippen molar-refractivity contribution in [2.45, 2.75) is 58.5 Å². The molecule has 0 unspecified atom stereocenters. The summed E-state index contributed by atoms with van der Waals surface area (Å²) in [6.07, 6.45) is 11.2. The summed E-state index contributed by atoms with van der Waals surface area (Å²) in [4.78, 5) is 12.2. The van der Waals surface area contributed by atoms with Crippen LogP contribution in [0.3, 0.4) is 0 Å². The molecular formula is C14H24N2OS. The summed E-state index contributed by atoms with van der Waals surface area (Å²) in [5.41, 5.74) is 0.382. The van der Waals surface area contributed by atoms with E-state index >= 15 is 0 Å². The number of imidazole rings is 1. The van der Waals surface area contributed by atoms with Crippen molar-refractivity contribution in [3.63, 3.8) is 0 Å². The van der Waals surface area contributed by atoms with Crippen LogP contribution >= 0.6 is 12.6 Å². The molecule has 1 aromatic rings. The van der Waals surface area contributed by atoms with E-state index in [0.29, 0.717) is 0 Å². The molecule has 1 saturated carbocycles. The summed E-state index contributed by atoms with van der Waals surface area (Å²) in [5, 5.41) is 0. The molecule has 0 aromatic carbocycles. The minimum atomic E-state index is 0.142. The van der Waals surface area contributed by atoms with Gasteiger partial charge >= 0.3 is 5.69 Å². The van der Waals surface area contributed by atoms with E-state index in [1.807, 2.05) is 21.5 Å². The zero-order valence-corrected chi connectivity index (χ0v) is 12.2. The molecule has 0 saturated heterocycles. The Morgan fingerprint density at radius 3 is 2.50 bits per heavy atom. The van der Waals surface area contributed by atoms with E-state index in [1.54, 1.807) is 0 Å². The molecule has 0 atom stereocenters. The maximum Gasteiger partial charge on any atom is 0.328 e. The van der Waals surface area contributed by atoms with E-state index in [4.69, 9.17) is 0 Å². The lowest BCUT2D eigenvalue weighted by molar-refractivity contribution is 0.187. The highest BCUT2D eigenvalue weighted by Crippen LogP contribution is 2.38. The normalized spacial score (nSPS) is 19.0. The standard InChI is InChI=1S/C14H24N2OS/c1-2-8-15-9-10-16(13(15)17)11-14(12-18)6-4-3-5-7-14/h9-10,18H,2-8,11-12H2,1H3. The van der Waals surface area contributed by atoms with Crippen LogP contribution in [-0.2, 0) is 13.1 Å². The Hall–Kier alpha value is -0.640. The quantitative estimate of drug-likeness (QED) is 0.817. The molecule has 0 bridgehead atoms. The van der Waals surface area contributed by atoms with Crippen molar-refractivity contribution in [1.29, 1.82) is 0 Å². The van der Waals surface area contributed by atoms with Crippen molar-refractivity contribution in [1.82, 2.24) is 9.13 Å². The molecule has 1 aliphatic carbocycles. The predicted molar refractivity (Wildman–Crippen MR) is 78.4 cm³/mol. The van der Waals surface area contributed by atoms with E-state index in [-0.39, 0.29) is 11.1 Å². The molecular weight excluding hydrogens is 244 g/mol. The van der Waals surface area contributed by atoms with Gasteiger partial charge in [0.2, 0.25) is 0 Å². The first-order valence-corrected chi connectivity index (χ1v) is 7.70. The first-order chi connectivity index (χ1) is 8.71. The fraction of sp³-hybridized carbons (Fsp3) is 0.786. The van der Waals surface area contributed by atoms with Crippen LogP contribution in [0, 0.1) is 5.41 Å². The van der Waals surface area contributed by atoms with Gasteiger partial charge in [-0.05, 0) is 30.4 Å². The number of rotatable bonds is 5. The molecule has 0 radical (unpaired) electrons. The van der Waals surface area contributed by atoms with Crippen LogP contribution in [-0.4, -0.2) is 14.9 Å². The molecule has 0 aliphatic heterocycles. The lowest BCUT2D eigenvalue weighted by Crippen LogP contribution is -2.36. The second-order valence-corrected chi connectivity index (χ2v) is 5.94. The van der Waals surface area contributed by atoms with Crippen LogP contribution in [0.25, 0.3) is 0 Å². The highest BCUT2D eigenvalue weighted by molar-refractivity contribution is 7.80. The third-order valence-electron chi connectivity index (χ3n) is 4.14. The van der Waals surface area contributed by atoms with Crippen molar-refractivity contribution in [3.05, 3.63) is 22.9 Å². The number of thiol groups is 1. The van der Waals surface area contributed by atoms with Gasteiger partial charge in [0, 0.05) is 25.5 Å². The average Bonchev–Trinajstić information content (AvgIpc) is 2.73. The number of nitrogens with zero attached hydrogens (tertiary/aromatic N) is 2. The van der Waals surface area contributed by atoms with E-state index in [9.17, 15) is 4.79 Å². The Bertz CT molecular complexity index is 429. The van der Waals surface area contributed by atoms with Gasteiger partial charge in [-0.1, -0.05) is 26.2 Å². The van der Waals surface area contributed by atoms with Crippen molar-refractivity contribution in [3.8, 4) is 0 Å². The summed E-state index contributed by atoms with van der Waals surface area (Å²) in [6.45, 7) is 3.76. The van der Waals surface area contributed by atoms with Crippen molar-refractivity contribution < 1.29 is 0 Å². The lowest BCUT2D eigenvalue weighted by atomic mass is 9.75.